The van der Waals surface area contributed by atoms with E-state index in [2.05, 4.69) is 5.32 Å². The third kappa shape index (κ3) is 3.20. The molecule has 0 atom stereocenters. The summed E-state index contributed by atoms with van der Waals surface area (Å²) in [5, 5.41) is 2.53. The summed E-state index contributed by atoms with van der Waals surface area (Å²) >= 11 is 5.73. The molecular formula is C13H13ClFN3O2S. The molecular weight excluding hydrogens is 317 g/mol. The van der Waals surface area contributed by atoms with Gasteiger partial charge in [-0.25, -0.2) is 12.8 Å². The van der Waals surface area contributed by atoms with Crippen LogP contribution in [0.15, 0.2) is 35.2 Å². The monoisotopic (exact) mass is 329 g/mol. The fourth-order valence-electron chi connectivity index (χ4n) is 1.72. The summed E-state index contributed by atoms with van der Waals surface area (Å²) in [6, 6.07) is 7.16. The second-order valence-corrected chi connectivity index (χ2v) is 6.87. The zero-order valence-corrected chi connectivity index (χ0v) is 12.6. The van der Waals surface area contributed by atoms with Crippen LogP contribution in [0.2, 0.25) is 5.02 Å². The normalized spacial score (nSPS) is 11.4. The van der Waals surface area contributed by atoms with Crippen LogP contribution >= 0.6 is 11.6 Å². The largest absolute Gasteiger partial charge is 0.397 e. The van der Waals surface area contributed by atoms with Crippen molar-refractivity contribution in [3.63, 3.8) is 0 Å². The Morgan fingerprint density at radius 1 is 1.14 bits per heavy atom. The second-order valence-electron chi connectivity index (χ2n) is 4.48. The van der Waals surface area contributed by atoms with Crippen molar-refractivity contribution >= 4 is 44.2 Å². The molecule has 0 heterocycles. The van der Waals surface area contributed by atoms with Crippen molar-refractivity contribution in [2.45, 2.75) is 4.90 Å². The molecule has 0 bridgehead atoms. The molecule has 0 aliphatic heterocycles. The SMILES string of the molecule is CS(=O)(=O)c1ccc(Nc2c(N)cc(N)c(Cl)c2F)cc1. The van der Waals surface area contributed by atoms with Gasteiger partial charge in [-0.3, -0.25) is 0 Å². The van der Waals surface area contributed by atoms with Crippen LogP contribution in [0, 0.1) is 5.82 Å². The molecule has 8 heteroatoms. The Morgan fingerprint density at radius 3 is 2.24 bits per heavy atom. The fraction of sp³-hybridized carbons (Fsp3) is 0.0769. The van der Waals surface area contributed by atoms with E-state index in [0.717, 1.165) is 6.26 Å². The number of rotatable bonds is 3. The number of anilines is 4. The average molecular weight is 330 g/mol. The number of nitrogen functional groups attached to an aromatic ring is 2. The summed E-state index contributed by atoms with van der Waals surface area (Å²) in [5.74, 6) is -0.763. The minimum absolute atomic E-state index is 0.0127. The molecule has 0 aromatic heterocycles. The van der Waals surface area contributed by atoms with E-state index in [-0.39, 0.29) is 27.0 Å². The number of hydrogen-bond acceptors (Lipinski definition) is 5. The van der Waals surface area contributed by atoms with Crippen molar-refractivity contribution in [3.8, 4) is 0 Å². The molecule has 0 spiro atoms. The lowest BCUT2D eigenvalue weighted by molar-refractivity contribution is 0.602. The maximum atomic E-state index is 14.0. The molecule has 0 saturated heterocycles. The van der Waals surface area contributed by atoms with Gasteiger partial charge in [0.25, 0.3) is 0 Å². The zero-order chi connectivity index (χ0) is 15.8. The molecule has 0 fully saturated rings. The van der Waals surface area contributed by atoms with E-state index >= 15 is 0 Å². The molecule has 2 rings (SSSR count). The van der Waals surface area contributed by atoms with Gasteiger partial charge in [-0.05, 0) is 30.3 Å². The van der Waals surface area contributed by atoms with E-state index < -0.39 is 15.7 Å². The van der Waals surface area contributed by atoms with Crippen LogP contribution in [0.3, 0.4) is 0 Å². The molecule has 2 aromatic rings. The van der Waals surface area contributed by atoms with Crippen LogP contribution in [0.1, 0.15) is 0 Å². The molecule has 5 N–H and O–H groups in total. The lowest BCUT2D eigenvalue weighted by Gasteiger charge is -2.13. The first kappa shape index (κ1) is 15.4. The maximum absolute atomic E-state index is 14.0. The Balaban J connectivity index is 2.37. The number of nitrogens with two attached hydrogens (primary N) is 2. The van der Waals surface area contributed by atoms with Gasteiger partial charge in [0.15, 0.2) is 15.7 Å². The van der Waals surface area contributed by atoms with Gasteiger partial charge in [0.05, 0.1) is 22.0 Å². The highest BCUT2D eigenvalue weighted by Crippen LogP contribution is 2.35. The zero-order valence-electron chi connectivity index (χ0n) is 11.0. The third-order valence-corrected chi connectivity index (χ3v) is 4.33. The fourth-order valence-corrected chi connectivity index (χ4v) is 2.50. The van der Waals surface area contributed by atoms with Crippen LogP contribution in [-0.4, -0.2) is 14.7 Å². The molecule has 0 amide bonds. The van der Waals surface area contributed by atoms with Crippen LogP contribution in [0.4, 0.5) is 27.1 Å². The summed E-state index contributed by atoms with van der Waals surface area (Å²) < 4.78 is 36.7. The van der Waals surface area contributed by atoms with Gasteiger partial charge < -0.3 is 16.8 Å². The topological polar surface area (TPSA) is 98.2 Å². The van der Waals surface area contributed by atoms with Crippen molar-refractivity contribution in [2.24, 2.45) is 0 Å². The van der Waals surface area contributed by atoms with Gasteiger partial charge in [-0.1, -0.05) is 11.6 Å². The van der Waals surface area contributed by atoms with E-state index in [4.69, 9.17) is 23.1 Å². The first-order valence-corrected chi connectivity index (χ1v) is 8.07. The van der Waals surface area contributed by atoms with Crippen LogP contribution in [0.25, 0.3) is 0 Å². The highest BCUT2D eigenvalue weighted by molar-refractivity contribution is 7.90. The van der Waals surface area contributed by atoms with Crippen LogP contribution < -0.4 is 16.8 Å². The molecule has 5 nitrogen and oxygen atoms in total. The number of hydrogen-bond donors (Lipinski definition) is 3. The lowest BCUT2D eigenvalue weighted by Crippen LogP contribution is -2.03. The van der Waals surface area contributed by atoms with E-state index in [9.17, 15) is 12.8 Å². The third-order valence-electron chi connectivity index (χ3n) is 2.82. The minimum atomic E-state index is -3.29. The minimum Gasteiger partial charge on any atom is -0.397 e. The van der Waals surface area contributed by atoms with Crippen molar-refractivity contribution in [3.05, 3.63) is 41.2 Å². The Labute approximate surface area is 126 Å². The Bertz CT molecular complexity index is 792. The highest BCUT2D eigenvalue weighted by atomic mass is 35.5. The highest BCUT2D eigenvalue weighted by Gasteiger charge is 2.15. The van der Waals surface area contributed by atoms with E-state index in [1.54, 1.807) is 0 Å². The first-order chi connectivity index (χ1) is 9.70. The molecule has 0 aliphatic rings. The second kappa shape index (κ2) is 5.42. The molecule has 0 radical (unpaired) electrons. The molecule has 21 heavy (non-hydrogen) atoms. The lowest BCUT2D eigenvalue weighted by atomic mass is 10.2. The predicted molar refractivity (Wildman–Crippen MR) is 83.1 cm³/mol. The average Bonchev–Trinajstić information content (AvgIpc) is 2.41. The van der Waals surface area contributed by atoms with Gasteiger partial charge in [0.2, 0.25) is 0 Å². The number of benzene rings is 2. The Hall–Kier alpha value is -1.99. The Morgan fingerprint density at radius 2 is 1.71 bits per heavy atom. The maximum Gasteiger partial charge on any atom is 0.175 e. The molecule has 112 valence electrons. The van der Waals surface area contributed by atoms with Gasteiger partial charge >= 0.3 is 0 Å². The standard InChI is InChI=1S/C13H13ClFN3O2S/c1-21(19,20)8-4-2-7(3-5-8)18-13-10(17)6-9(16)11(14)12(13)15/h2-6,18H,16-17H2,1H3. The number of halogens is 2. The van der Waals surface area contributed by atoms with Crippen molar-refractivity contribution < 1.29 is 12.8 Å². The molecule has 0 aliphatic carbocycles. The molecule has 2 aromatic carbocycles. The van der Waals surface area contributed by atoms with E-state index in [1.807, 2.05) is 0 Å². The van der Waals surface area contributed by atoms with Gasteiger partial charge in [0.1, 0.15) is 5.02 Å². The first-order valence-electron chi connectivity index (χ1n) is 5.80. The number of nitrogens with one attached hydrogen (secondary N) is 1. The smallest absolute Gasteiger partial charge is 0.175 e. The summed E-state index contributed by atoms with van der Waals surface area (Å²) in [6.07, 6.45) is 1.10. The summed E-state index contributed by atoms with van der Waals surface area (Å²) in [4.78, 5) is 0.164. The Kier molecular flexibility index (Phi) is 3.97. The van der Waals surface area contributed by atoms with Crippen LogP contribution in [-0.2, 0) is 9.84 Å². The van der Waals surface area contributed by atoms with Crippen molar-refractivity contribution in [1.29, 1.82) is 0 Å². The van der Waals surface area contributed by atoms with Gasteiger partial charge in [0, 0.05) is 11.9 Å². The summed E-state index contributed by atoms with van der Waals surface area (Å²) in [5.41, 5.74) is 11.8. The van der Waals surface area contributed by atoms with E-state index in [0.29, 0.717) is 5.69 Å². The summed E-state index contributed by atoms with van der Waals surface area (Å²) in [6.45, 7) is 0. The van der Waals surface area contributed by atoms with Gasteiger partial charge in [-0.2, -0.15) is 0 Å². The van der Waals surface area contributed by atoms with Crippen molar-refractivity contribution in [2.75, 3.05) is 23.0 Å². The van der Waals surface area contributed by atoms with Crippen molar-refractivity contribution in [1.82, 2.24) is 0 Å². The van der Waals surface area contributed by atoms with Crippen LogP contribution in [0.5, 0.6) is 0 Å². The van der Waals surface area contributed by atoms with E-state index in [1.165, 1.54) is 30.3 Å². The molecule has 0 saturated carbocycles. The summed E-state index contributed by atoms with van der Waals surface area (Å²) in [7, 11) is -3.29. The quantitative estimate of drug-likeness (QED) is 0.752. The van der Waals surface area contributed by atoms with Gasteiger partial charge in [-0.15, -0.1) is 0 Å². The molecule has 0 unspecified atom stereocenters. The number of sulfone groups is 1. The predicted octanol–water partition coefficient (Wildman–Crippen LogP) is 2.79.